The topological polar surface area (TPSA) is 84.2 Å². The van der Waals surface area contributed by atoms with Crippen molar-refractivity contribution in [3.8, 4) is 5.75 Å². The number of nitrogens with zero attached hydrogens (tertiary/aromatic N) is 4. The molecule has 2 N–H and O–H groups in total. The first-order chi connectivity index (χ1) is 23.6. The van der Waals surface area contributed by atoms with Crippen LogP contribution in [0.15, 0.2) is 79.1 Å². The van der Waals surface area contributed by atoms with Gasteiger partial charge in [0.15, 0.2) is 0 Å². The van der Waals surface area contributed by atoms with Gasteiger partial charge in [0, 0.05) is 50.2 Å². The van der Waals surface area contributed by atoms with Crippen LogP contribution < -0.4 is 10.5 Å². The predicted molar refractivity (Wildman–Crippen MR) is 193 cm³/mol. The summed E-state index contributed by atoms with van der Waals surface area (Å²) in [5.41, 5.74) is 8.62. The van der Waals surface area contributed by atoms with E-state index >= 15 is 0 Å². The number of pyridine rings is 1. The van der Waals surface area contributed by atoms with Gasteiger partial charge in [-0.05, 0) is 101 Å². The third kappa shape index (κ3) is 9.03. The molecule has 2 saturated heterocycles. The molecule has 5 rings (SSSR count). The van der Waals surface area contributed by atoms with Crippen LogP contribution in [-0.4, -0.2) is 97.8 Å². The maximum Gasteiger partial charge on any atom is 0.232 e. The summed E-state index contributed by atoms with van der Waals surface area (Å²) in [6.45, 7) is 12.1. The highest BCUT2D eigenvalue weighted by atomic mass is 16.5. The number of nitrogens with two attached hydrogens (primary N) is 1. The Bertz CT molecular complexity index is 1330. The fourth-order valence-electron chi connectivity index (χ4n) is 8.10. The minimum absolute atomic E-state index is 0.145. The predicted octanol–water partition coefficient (Wildman–Crippen LogP) is 5.75. The van der Waals surface area contributed by atoms with Crippen LogP contribution >= 0.6 is 0 Å². The Morgan fingerprint density at radius 2 is 1.58 bits per heavy atom. The largest absolute Gasteiger partial charge is 0.496 e. The average Bonchev–Trinajstić information content (AvgIpc) is 3.59. The lowest BCUT2D eigenvalue weighted by Gasteiger charge is -2.38. The number of amides is 1. The molecule has 0 saturated carbocycles. The summed E-state index contributed by atoms with van der Waals surface area (Å²) in [5, 5.41) is 0. The Labute approximate surface area is 288 Å². The SMILES string of the molecule is CCCN(CCOCCCCCN1CC[C@@H](C(C(N)=O)(c2ccccc2)c2ccccc2)C1)C1CCN(Cc2cnccc2OC)CC1. The molecule has 0 radical (unpaired) electrons. The minimum Gasteiger partial charge on any atom is -0.496 e. The molecule has 0 aliphatic carbocycles. The van der Waals surface area contributed by atoms with Gasteiger partial charge in [-0.2, -0.15) is 0 Å². The molecule has 1 atom stereocenters. The van der Waals surface area contributed by atoms with E-state index in [4.69, 9.17) is 15.2 Å². The van der Waals surface area contributed by atoms with Crippen molar-refractivity contribution in [2.45, 2.75) is 69.9 Å². The highest BCUT2D eigenvalue weighted by Crippen LogP contribution is 2.43. The second kappa shape index (κ2) is 18.5. The highest BCUT2D eigenvalue weighted by Gasteiger charge is 2.49. The summed E-state index contributed by atoms with van der Waals surface area (Å²) >= 11 is 0. The van der Waals surface area contributed by atoms with Gasteiger partial charge in [0.05, 0.1) is 13.7 Å². The number of hydrogen-bond donors (Lipinski definition) is 1. The van der Waals surface area contributed by atoms with Gasteiger partial charge in [0.2, 0.25) is 5.91 Å². The van der Waals surface area contributed by atoms with E-state index in [9.17, 15) is 4.79 Å². The molecule has 48 heavy (non-hydrogen) atoms. The molecule has 8 heteroatoms. The second-order valence-electron chi connectivity index (χ2n) is 13.6. The molecular formula is C40H57N5O3. The van der Waals surface area contributed by atoms with Crippen LogP contribution in [0.4, 0.5) is 0 Å². The van der Waals surface area contributed by atoms with E-state index in [2.05, 4.69) is 50.9 Å². The van der Waals surface area contributed by atoms with Gasteiger partial charge < -0.3 is 20.1 Å². The van der Waals surface area contributed by atoms with Crippen molar-refractivity contribution in [2.75, 3.05) is 66.1 Å². The molecule has 2 aliphatic heterocycles. The Balaban J connectivity index is 1.00. The third-order valence-electron chi connectivity index (χ3n) is 10.6. The van der Waals surface area contributed by atoms with Crippen LogP contribution in [0.2, 0.25) is 0 Å². The van der Waals surface area contributed by atoms with Crippen molar-refractivity contribution in [1.29, 1.82) is 0 Å². The number of carbonyl (C=O) groups excluding carboxylic acids is 1. The molecule has 1 amide bonds. The van der Waals surface area contributed by atoms with Crippen molar-refractivity contribution in [2.24, 2.45) is 11.7 Å². The molecule has 8 nitrogen and oxygen atoms in total. The van der Waals surface area contributed by atoms with Crippen LogP contribution in [0, 0.1) is 5.92 Å². The first-order valence-electron chi connectivity index (χ1n) is 18.2. The summed E-state index contributed by atoms with van der Waals surface area (Å²) in [6, 6.07) is 22.9. The maximum atomic E-state index is 13.3. The number of hydrogen-bond acceptors (Lipinski definition) is 7. The van der Waals surface area contributed by atoms with E-state index in [1.54, 1.807) is 13.3 Å². The first-order valence-corrected chi connectivity index (χ1v) is 18.2. The molecule has 260 valence electrons. The third-order valence-corrected chi connectivity index (χ3v) is 10.6. The van der Waals surface area contributed by atoms with Crippen molar-refractivity contribution in [3.05, 3.63) is 95.8 Å². The Morgan fingerprint density at radius 1 is 0.896 bits per heavy atom. The zero-order chi connectivity index (χ0) is 33.6. The lowest BCUT2D eigenvalue weighted by atomic mass is 9.64. The summed E-state index contributed by atoms with van der Waals surface area (Å²) < 4.78 is 11.7. The number of rotatable bonds is 19. The zero-order valence-corrected chi connectivity index (χ0v) is 29.3. The Morgan fingerprint density at radius 3 is 2.23 bits per heavy atom. The maximum absolute atomic E-state index is 13.3. The number of likely N-dealkylation sites (tertiary alicyclic amines) is 2. The van der Waals surface area contributed by atoms with Crippen molar-refractivity contribution < 1.29 is 14.3 Å². The molecule has 0 spiro atoms. The standard InChI is InChI=1S/C40H57N5O3/c1-3-22-45(37-19-25-44(26-20-37)31-33-30-42-21-17-38(33)47-2)27-29-48-28-12-6-11-23-43-24-18-36(32-43)40(39(41)46,34-13-7-4-8-14-34)35-15-9-5-10-16-35/h4-5,7-10,13-17,21,30,36-37H,3,6,11-12,18-20,22-29,31-32H2,1-2H3,(H2,41,46)/t36-/m1/s1. The smallest absolute Gasteiger partial charge is 0.232 e. The van der Waals surface area contributed by atoms with Crippen LogP contribution in [0.1, 0.15) is 68.6 Å². The van der Waals surface area contributed by atoms with Crippen LogP contribution in [0.3, 0.4) is 0 Å². The van der Waals surface area contributed by atoms with Gasteiger partial charge in [0.25, 0.3) is 0 Å². The van der Waals surface area contributed by atoms with Gasteiger partial charge in [-0.1, -0.05) is 67.6 Å². The van der Waals surface area contributed by atoms with E-state index in [1.807, 2.05) is 48.7 Å². The van der Waals surface area contributed by atoms with E-state index in [0.29, 0.717) is 6.04 Å². The minimum atomic E-state index is -0.818. The van der Waals surface area contributed by atoms with Crippen molar-refractivity contribution in [1.82, 2.24) is 19.7 Å². The monoisotopic (exact) mass is 655 g/mol. The molecule has 3 heterocycles. The summed E-state index contributed by atoms with van der Waals surface area (Å²) in [5.74, 6) is 0.815. The number of aromatic nitrogens is 1. The van der Waals surface area contributed by atoms with Gasteiger partial charge in [-0.15, -0.1) is 0 Å². The van der Waals surface area contributed by atoms with E-state index in [0.717, 1.165) is 114 Å². The van der Waals surface area contributed by atoms with Crippen LogP contribution in [0.5, 0.6) is 5.75 Å². The second-order valence-corrected chi connectivity index (χ2v) is 13.6. The van der Waals surface area contributed by atoms with Crippen LogP contribution in [-0.2, 0) is 21.5 Å². The molecule has 2 aliphatic rings. The van der Waals surface area contributed by atoms with E-state index in [1.165, 1.54) is 19.3 Å². The Hall–Kier alpha value is -3.30. The number of primary amides is 1. The first kappa shape index (κ1) is 36.0. The average molecular weight is 656 g/mol. The normalized spacial score (nSPS) is 18.0. The number of methoxy groups -OCH3 is 1. The van der Waals surface area contributed by atoms with E-state index < -0.39 is 5.41 Å². The molecule has 2 aromatic carbocycles. The quantitative estimate of drug-likeness (QED) is 0.165. The van der Waals surface area contributed by atoms with Crippen molar-refractivity contribution in [3.63, 3.8) is 0 Å². The zero-order valence-electron chi connectivity index (χ0n) is 29.3. The molecular weight excluding hydrogens is 598 g/mol. The number of piperidine rings is 1. The molecule has 0 bridgehead atoms. The lowest BCUT2D eigenvalue weighted by Crippen LogP contribution is -2.49. The van der Waals surface area contributed by atoms with Gasteiger partial charge in [-0.3, -0.25) is 19.6 Å². The number of unbranched alkanes of at least 4 members (excludes halogenated alkanes) is 2. The van der Waals surface area contributed by atoms with Gasteiger partial charge in [-0.25, -0.2) is 0 Å². The molecule has 3 aromatic rings. The highest BCUT2D eigenvalue weighted by molar-refractivity contribution is 5.91. The number of carbonyl (C=O) groups is 1. The van der Waals surface area contributed by atoms with Gasteiger partial charge in [0.1, 0.15) is 11.2 Å². The summed E-state index contributed by atoms with van der Waals surface area (Å²) in [7, 11) is 1.73. The molecule has 0 unspecified atom stereocenters. The van der Waals surface area contributed by atoms with Crippen molar-refractivity contribution >= 4 is 5.91 Å². The fourth-order valence-corrected chi connectivity index (χ4v) is 8.10. The molecule has 2 fully saturated rings. The number of ether oxygens (including phenoxy) is 2. The number of benzene rings is 2. The lowest BCUT2D eigenvalue weighted by molar-refractivity contribution is -0.123. The molecule has 1 aromatic heterocycles. The Kier molecular flexibility index (Phi) is 13.8. The van der Waals surface area contributed by atoms with E-state index in [-0.39, 0.29) is 11.8 Å². The summed E-state index contributed by atoms with van der Waals surface area (Å²) in [4.78, 5) is 25.3. The fraction of sp³-hybridized carbons (Fsp3) is 0.550. The van der Waals surface area contributed by atoms with Gasteiger partial charge >= 0.3 is 0 Å². The van der Waals surface area contributed by atoms with Crippen LogP contribution in [0.25, 0.3) is 0 Å². The summed E-state index contributed by atoms with van der Waals surface area (Å²) in [6.07, 6.45) is 11.6.